The highest BCUT2D eigenvalue weighted by Gasteiger charge is 2.26. The zero-order valence-electron chi connectivity index (χ0n) is 8.17. The number of carbonyl (C=O) groups excluding carboxylic acids is 1. The summed E-state index contributed by atoms with van der Waals surface area (Å²) in [6, 6.07) is 0. The van der Waals surface area contributed by atoms with E-state index in [0.29, 0.717) is 6.47 Å². The van der Waals surface area contributed by atoms with Crippen molar-refractivity contribution in [1.82, 2.24) is 0 Å². The fraction of sp³-hybridized carbons (Fsp3) is 0.875. The molecule has 0 heterocycles. The molecular weight excluding hydrogens is 201 g/mol. The van der Waals surface area contributed by atoms with Gasteiger partial charge in [0.05, 0.1) is 7.11 Å². The lowest BCUT2D eigenvalue weighted by Gasteiger charge is -2.09. The maximum absolute atomic E-state index is 11.5. The van der Waals surface area contributed by atoms with Gasteiger partial charge in [-0.05, 0) is 12.3 Å². The number of methoxy groups -OCH3 is 1. The average molecular weight is 216 g/mol. The number of aliphatic hydroxyl groups excluding tert-OH is 1. The normalized spacial score (nSPS) is 12.4. The zero-order chi connectivity index (χ0) is 11.6. The Labute approximate surface area is 80.9 Å². The minimum absolute atomic E-state index is 0.0139. The smallest absolute Gasteiger partial charge is 0.389 e. The minimum Gasteiger partial charge on any atom is -0.471 e. The molecule has 3 nitrogen and oxygen atoms in total. The third-order valence-corrected chi connectivity index (χ3v) is 1.33. The number of rotatable bonds is 4. The van der Waals surface area contributed by atoms with Crippen molar-refractivity contribution in [2.75, 3.05) is 13.7 Å². The average Bonchev–Trinajstić information content (AvgIpc) is 2.13. The van der Waals surface area contributed by atoms with Crippen LogP contribution in [0.25, 0.3) is 0 Å². The van der Waals surface area contributed by atoms with Crippen LogP contribution < -0.4 is 0 Å². The van der Waals surface area contributed by atoms with Crippen molar-refractivity contribution in [3.8, 4) is 0 Å². The van der Waals surface area contributed by atoms with E-state index in [1.54, 1.807) is 6.92 Å². The molecule has 0 aliphatic rings. The van der Waals surface area contributed by atoms with E-state index < -0.39 is 12.6 Å². The Kier molecular flexibility index (Phi) is 9.86. The Hall–Kier alpha value is -0.780. The van der Waals surface area contributed by atoms with Gasteiger partial charge in [0.2, 0.25) is 0 Å². The van der Waals surface area contributed by atoms with Crippen molar-refractivity contribution in [2.45, 2.75) is 25.9 Å². The van der Waals surface area contributed by atoms with Crippen LogP contribution in [0.2, 0.25) is 0 Å². The lowest BCUT2D eigenvalue weighted by Crippen LogP contribution is -2.11. The lowest BCUT2D eigenvalue weighted by atomic mass is 10.1. The predicted molar refractivity (Wildman–Crippen MR) is 44.6 cm³/mol. The van der Waals surface area contributed by atoms with Crippen LogP contribution >= 0.6 is 0 Å². The van der Waals surface area contributed by atoms with Gasteiger partial charge >= 0.3 is 6.18 Å². The van der Waals surface area contributed by atoms with Crippen LogP contribution in [0.15, 0.2) is 0 Å². The van der Waals surface area contributed by atoms with Gasteiger partial charge in [-0.1, -0.05) is 6.92 Å². The van der Waals surface area contributed by atoms with Crippen LogP contribution in [-0.2, 0) is 9.53 Å². The van der Waals surface area contributed by atoms with Crippen LogP contribution in [0, 0.1) is 5.92 Å². The quantitative estimate of drug-likeness (QED) is 0.728. The SMILES string of the molecule is CC(CO)CCC(F)(F)F.COC=O. The summed E-state index contributed by atoms with van der Waals surface area (Å²) < 4.78 is 38.3. The van der Waals surface area contributed by atoms with E-state index in [-0.39, 0.29) is 18.9 Å². The molecule has 0 aromatic carbocycles. The van der Waals surface area contributed by atoms with Crippen LogP contribution in [0.3, 0.4) is 0 Å². The van der Waals surface area contributed by atoms with E-state index in [4.69, 9.17) is 9.90 Å². The summed E-state index contributed by atoms with van der Waals surface area (Å²) >= 11 is 0. The van der Waals surface area contributed by atoms with Crippen LogP contribution in [0.5, 0.6) is 0 Å². The number of carbonyl (C=O) groups is 1. The first-order chi connectivity index (χ1) is 6.37. The van der Waals surface area contributed by atoms with Crippen molar-refractivity contribution in [3.63, 3.8) is 0 Å². The molecule has 0 saturated carbocycles. The third kappa shape index (κ3) is 17.3. The Bertz CT molecular complexity index is 136. The number of halogens is 3. The second-order valence-corrected chi connectivity index (χ2v) is 2.77. The van der Waals surface area contributed by atoms with Gasteiger partial charge in [-0.15, -0.1) is 0 Å². The minimum atomic E-state index is -4.08. The molecule has 14 heavy (non-hydrogen) atoms. The second kappa shape index (κ2) is 8.80. The monoisotopic (exact) mass is 216 g/mol. The molecule has 0 aliphatic carbocycles. The van der Waals surface area contributed by atoms with E-state index in [2.05, 4.69) is 4.74 Å². The molecule has 0 aliphatic heterocycles. The number of hydrogen-bond donors (Lipinski definition) is 1. The van der Waals surface area contributed by atoms with Gasteiger partial charge in [-0.3, -0.25) is 4.79 Å². The van der Waals surface area contributed by atoms with Gasteiger partial charge in [-0.25, -0.2) is 0 Å². The first kappa shape index (κ1) is 15.7. The number of ether oxygens (including phenoxy) is 1. The van der Waals surface area contributed by atoms with Gasteiger partial charge in [-0.2, -0.15) is 13.2 Å². The molecule has 1 unspecified atom stereocenters. The van der Waals surface area contributed by atoms with E-state index >= 15 is 0 Å². The fourth-order valence-corrected chi connectivity index (χ4v) is 0.501. The number of alkyl halides is 3. The maximum Gasteiger partial charge on any atom is 0.389 e. The molecule has 0 saturated heterocycles. The Balaban J connectivity index is 0. The molecule has 0 fully saturated rings. The molecule has 6 heteroatoms. The third-order valence-electron chi connectivity index (χ3n) is 1.33. The van der Waals surface area contributed by atoms with Crippen molar-refractivity contribution < 1.29 is 27.8 Å². The highest BCUT2D eigenvalue weighted by Crippen LogP contribution is 2.23. The Morgan fingerprint density at radius 3 is 2.14 bits per heavy atom. The molecule has 0 spiro atoms. The summed E-state index contributed by atoms with van der Waals surface area (Å²) in [6.45, 7) is 1.79. The van der Waals surface area contributed by atoms with Crippen molar-refractivity contribution in [3.05, 3.63) is 0 Å². The number of aliphatic hydroxyl groups is 1. The largest absolute Gasteiger partial charge is 0.471 e. The second-order valence-electron chi connectivity index (χ2n) is 2.77. The zero-order valence-corrected chi connectivity index (χ0v) is 8.17. The fourth-order valence-electron chi connectivity index (χ4n) is 0.501. The molecule has 0 bridgehead atoms. The van der Waals surface area contributed by atoms with E-state index in [0.717, 1.165) is 0 Å². The van der Waals surface area contributed by atoms with Gasteiger partial charge in [0, 0.05) is 13.0 Å². The predicted octanol–water partition coefficient (Wildman–Crippen LogP) is 1.75. The highest BCUT2D eigenvalue weighted by molar-refractivity contribution is 5.36. The molecular formula is C8H15F3O3. The van der Waals surface area contributed by atoms with Gasteiger partial charge in [0.15, 0.2) is 0 Å². The van der Waals surface area contributed by atoms with Gasteiger partial charge in [0.25, 0.3) is 6.47 Å². The van der Waals surface area contributed by atoms with Crippen LogP contribution in [0.4, 0.5) is 13.2 Å². The highest BCUT2D eigenvalue weighted by atomic mass is 19.4. The van der Waals surface area contributed by atoms with E-state index in [1.165, 1.54) is 7.11 Å². The Morgan fingerprint density at radius 1 is 1.50 bits per heavy atom. The standard InChI is InChI=1S/C6H11F3O.C2H4O2/c1-5(4-10)2-3-6(7,8)9;1-4-2-3/h5,10H,2-4H2,1H3;2H,1H3. The van der Waals surface area contributed by atoms with Crippen LogP contribution in [-0.4, -0.2) is 31.5 Å². The van der Waals surface area contributed by atoms with Crippen molar-refractivity contribution >= 4 is 6.47 Å². The summed E-state index contributed by atoms with van der Waals surface area (Å²) in [7, 11) is 1.31. The summed E-state index contributed by atoms with van der Waals surface area (Å²) in [4.78, 5) is 8.95. The molecule has 1 atom stereocenters. The van der Waals surface area contributed by atoms with Gasteiger partial charge in [0.1, 0.15) is 0 Å². The first-order valence-corrected chi connectivity index (χ1v) is 4.01. The molecule has 0 aromatic rings. The first-order valence-electron chi connectivity index (χ1n) is 4.01. The maximum atomic E-state index is 11.5. The molecule has 0 radical (unpaired) electrons. The Morgan fingerprint density at radius 2 is 1.93 bits per heavy atom. The van der Waals surface area contributed by atoms with E-state index in [1.807, 2.05) is 0 Å². The molecule has 0 amide bonds. The van der Waals surface area contributed by atoms with Crippen LogP contribution in [0.1, 0.15) is 19.8 Å². The van der Waals surface area contributed by atoms with Crippen molar-refractivity contribution in [2.24, 2.45) is 5.92 Å². The summed E-state index contributed by atoms with van der Waals surface area (Å²) in [5, 5.41) is 8.36. The van der Waals surface area contributed by atoms with E-state index in [9.17, 15) is 13.2 Å². The van der Waals surface area contributed by atoms with Gasteiger partial charge < -0.3 is 9.84 Å². The molecule has 0 rings (SSSR count). The topological polar surface area (TPSA) is 46.5 Å². The lowest BCUT2D eigenvalue weighted by molar-refractivity contribution is -0.137. The summed E-state index contributed by atoms with van der Waals surface area (Å²) in [5.41, 5.74) is 0. The molecule has 1 N–H and O–H groups in total. The molecule has 86 valence electrons. The summed E-state index contributed by atoms with van der Waals surface area (Å²) in [6.07, 6.45) is -4.86. The molecule has 0 aromatic heterocycles. The number of hydrogen-bond acceptors (Lipinski definition) is 3. The summed E-state index contributed by atoms with van der Waals surface area (Å²) in [5.74, 6) is -0.248. The van der Waals surface area contributed by atoms with Crippen molar-refractivity contribution in [1.29, 1.82) is 0 Å².